The van der Waals surface area contributed by atoms with Gasteiger partial charge in [-0.2, -0.15) is 0 Å². The number of nitrogens with two attached hydrogens (primary N) is 1. The van der Waals surface area contributed by atoms with Crippen LogP contribution in [0, 0.1) is 6.92 Å². The van der Waals surface area contributed by atoms with Gasteiger partial charge in [-0.15, -0.1) is 11.3 Å². The molecule has 33 heavy (non-hydrogen) atoms. The quantitative estimate of drug-likeness (QED) is 0.300. The molecule has 0 fully saturated rings. The maximum atomic E-state index is 13.4. The molecule has 0 saturated heterocycles. The summed E-state index contributed by atoms with van der Waals surface area (Å²) in [5.74, 6) is 0.642. The molecule has 0 aliphatic rings. The first-order valence-electron chi connectivity index (χ1n) is 10.6. The van der Waals surface area contributed by atoms with E-state index >= 15 is 0 Å². The third-order valence-corrected chi connectivity index (χ3v) is 6.78. The number of thiophene rings is 1. The van der Waals surface area contributed by atoms with Crippen molar-refractivity contribution in [3.05, 3.63) is 101 Å². The minimum atomic E-state index is -0.0947. The average molecular weight is 451 g/mol. The number of nitrogen functional groups attached to an aromatic ring is 1. The number of anilines is 1. The fourth-order valence-corrected chi connectivity index (χ4v) is 5.04. The zero-order chi connectivity index (χ0) is 22.9. The summed E-state index contributed by atoms with van der Waals surface area (Å²) in [5, 5.41) is 0.777. The van der Waals surface area contributed by atoms with E-state index in [1.165, 1.54) is 11.3 Å². The number of aryl methyl sites for hydroxylation is 1. The van der Waals surface area contributed by atoms with E-state index in [1.54, 1.807) is 7.11 Å². The number of benzene rings is 3. The van der Waals surface area contributed by atoms with Gasteiger partial charge in [0.15, 0.2) is 0 Å². The number of para-hydroxylation sites is 1. The first kappa shape index (κ1) is 20.9. The number of hydrogen-bond acceptors (Lipinski definition) is 5. The predicted octanol–water partition coefficient (Wildman–Crippen LogP) is 6.76. The van der Waals surface area contributed by atoms with Crippen molar-refractivity contribution < 1.29 is 9.53 Å². The fourth-order valence-electron chi connectivity index (χ4n) is 3.96. The molecule has 5 rings (SSSR count). The molecule has 2 aromatic heterocycles. The van der Waals surface area contributed by atoms with E-state index in [-0.39, 0.29) is 5.78 Å². The Morgan fingerprint density at radius 3 is 2.33 bits per heavy atom. The molecule has 0 unspecified atom stereocenters. The van der Waals surface area contributed by atoms with Gasteiger partial charge >= 0.3 is 0 Å². The third-order valence-electron chi connectivity index (χ3n) is 5.69. The molecule has 0 bridgehead atoms. The van der Waals surface area contributed by atoms with Gasteiger partial charge in [0.05, 0.1) is 18.5 Å². The van der Waals surface area contributed by atoms with Crippen LogP contribution in [0.1, 0.15) is 20.8 Å². The van der Waals surface area contributed by atoms with Gasteiger partial charge in [0, 0.05) is 22.1 Å². The monoisotopic (exact) mass is 450 g/mol. The summed E-state index contributed by atoms with van der Waals surface area (Å²) in [6, 6.07) is 27.4. The highest BCUT2D eigenvalue weighted by Gasteiger charge is 2.23. The van der Waals surface area contributed by atoms with Crippen molar-refractivity contribution in [1.29, 1.82) is 0 Å². The van der Waals surface area contributed by atoms with Crippen LogP contribution >= 0.6 is 11.3 Å². The summed E-state index contributed by atoms with van der Waals surface area (Å²) < 4.78 is 5.64. The van der Waals surface area contributed by atoms with E-state index in [0.29, 0.717) is 16.1 Å². The summed E-state index contributed by atoms with van der Waals surface area (Å²) in [5.41, 5.74) is 12.4. The summed E-state index contributed by atoms with van der Waals surface area (Å²) >= 11 is 1.34. The normalized spacial score (nSPS) is 11.0. The lowest BCUT2D eigenvalue weighted by atomic mass is 9.98. The van der Waals surface area contributed by atoms with Gasteiger partial charge in [0.25, 0.3) is 0 Å². The predicted molar refractivity (Wildman–Crippen MR) is 136 cm³/mol. The number of methoxy groups -OCH3 is 1. The summed E-state index contributed by atoms with van der Waals surface area (Å²) in [6.45, 7) is 2.00. The number of ketones is 1. The van der Waals surface area contributed by atoms with Crippen LogP contribution in [0.2, 0.25) is 0 Å². The van der Waals surface area contributed by atoms with Gasteiger partial charge in [-0.3, -0.25) is 4.79 Å². The molecule has 5 heteroatoms. The summed E-state index contributed by atoms with van der Waals surface area (Å²) in [4.78, 5) is 19.5. The largest absolute Gasteiger partial charge is 0.496 e. The molecule has 0 spiro atoms. The maximum absolute atomic E-state index is 13.4. The Morgan fingerprint density at radius 2 is 1.61 bits per heavy atom. The van der Waals surface area contributed by atoms with Crippen LogP contribution in [0.25, 0.3) is 32.6 Å². The Balaban J connectivity index is 1.78. The summed E-state index contributed by atoms with van der Waals surface area (Å²) in [6.07, 6.45) is 0. The molecule has 0 aliphatic carbocycles. The molecule has 0 atom stereocenters. The van der Waals surface area contributed by atoms with E-state index < -0.39 is 0 Å². The van der Waals surface area contributed by atoms with Crippen molar-refractivity contribution in [2.45, 2.75) is 6.92 Å². The molecule has 3 aromatic carbocycles. The van der Waals surface area contributed by atoms with Crippen LogP contribution in [-0.4, -0.2) is 17.9 Å². The van der Waals surface area contributed by atoms with Crippen molar-refractivity contribution in [1.82, 2.24) is 4.98 Å². The second-order valence-electron chi connectivity index (χ2n) is 7.84. The van der Waals surface area contributed by atoms with Gasteiger partial charge in [-0.05, 0) is 24.6 Å². The van der Waals surface area contributed by atoms with Crippen LogP contribution in [0.5, 0.6) is 5.75 Å². The van der Waals surface area contributed by atoms with E-state index in [2.05, 4.69) is 0 Å². The fraction of sp³-hybridized carbons (Fsp3) is 0.0714. The minimum Gasteiger partial charge on any atom is -0.496 e. The molecule has 0 amide bonds. The molecule has 0 saturated carbocycles. The second-order valence-corrected chi connectivity index (χ2v) is 8.84. The first-order chi connectivity index (χ1) is 16.1. The SMILES string of the molecule is COc1ccccc1-c1cc(-c2ccccc2)nc2sc(C(=O)c3ccc(C)cc3)c(N)c12. The minimum absolute atomic E-state index is 0.0947. The van der Waals surface area contributed by atoms with E-state index in [9.17, 15) is 4.79 Å². The number of carbonyl (C=O) groups excluding carboxylic acids is 1. The van der Waals surface area contributed by atoms with Gasteiger partial charge in [0.2, 0.25) is 5.78 Å². The molecule has 4 nitrogen and oxygen atoms in total. The lowest BCUT2D eigenvalue weighted by Crippen LogP contribution is -2.02. The van der Waals surface area contributed by atoms with E-state index in [1.807, 2.05) is 91.9 Å². The average Bonchev–Trinajstić information content (AvgIpc) is 3.20. The van der Waals surface area contributed by atoms with Crippen molar-refractivity contribution in [3.8, 4) is 28.1 Å². The number of pyridine rings is 1. The van der Waals surface area contributed by atoms with Crippen molar-refractivity contribution >= 4 is 33.0 Å². The smallest absolute Gasteiger partial charge is 0.205 e. The number of fused-ring (bicyclic) bond motifs is 1. The highest BCUT2D eigenvalue weighted by molar-refractivity contribution is 7.21. The van der Waals surface area contributed by atoms with Gasteiger partial charge in [-0.1, -0.05) is 78.4 Å². The van der Waals surface area contributed by atoms with E-state index in [4.69, 9.17) is 15.5 Å². The molecule has 2 N–H and O–H groups in total. The first-order valence-corrected chi connectivity index (χ1v) is 11.4. The number of aromatic nitrogens is 1. The Morgan fingerprint density at radius 1 is 0.909 bits per heavy atom. The van der Waals surface area contributed by atoms with Crippen molar-refractivity contribution in [3.63, 3.8) is 0 Å². The molecule has 0 radical (unpaired) electrons. The standard InChI is InChI=1S/C28H22N2O2S/c1-17-12-14-19(15-13-17)26(31)27-25(29)24-21(20-10-6-7-11-23(20)32-2)16-22(30-28(24)33-27)18-8-4-3-5-9-18/h3-16H,29H2,1-2H3. The Bertz CT molecular complexity index is 1470. The Labute approximate surface area is 196 Å². The molecule has 0 aliphatic heterocycles. The topological polar surface area (TPSA) is 65.2 Å². The van der Waals surface area contributed by atoms with E-state index in [0.717, 1.165) is 43.9 Å². The Hall–Kier alpha value is -3.96. The van der Waals surface area contributed by atoms with Gasteiger partial charge in [-0.25, -0.2) is 4.98 Å². The molecular weight excluding hydrogens is 428 g/mol. The van der Waals surface area contributed by atoms with Crippen LogP contribution in [-0.2, 0) is 0 Å². The molecule has 2 heterocycles. The number of hydrogen-bond donors (Lipinski definition) is 1. The lowest BCUT2D eigenvalue weighted by Gasteiger charge is -2.12. The second kappa shape index (κ2) is 8.52. The number of rotatable bonds is 5. The molecule has 162 valence electrons. The number of nitrogens with zero attached hydrogens (tertiary/aromatic N) is 1. The number of ether oxygens (including phenoxy) is 1. The van der Waals surface area contributed by atoms with Crippen LogP contribution in [0.4, 0.5) is 5.69 Å². The maximum Gasteiger partial charge on any atom is 0.205 e. The zero-order valence-electron chi connectivity index (χ0n) is 18.3. The Kier molecular flexibility index (Phi) is 5.40. The van der Waals surface area contributed by atoms with Crippen molar-refractivity contribution in [2.75, 3.05) is 12.8 Å². The molecular formula is C28H22N2O2S. The highest BCUT2D eigenvalue weighted by atomic mass is 32.1. The zero-order valence-corrected chi connectivity index (χ0v) is 19.1. The van der Waals surface area contributed by atoms with Crippen LogP contribution < -0.4 is 10.5 Å². The van der Waals surface area contributed by atoms with Gasteiger partial charge in [0.1, 0.15) is 15.5 Å². The number of carbonyl (C=O) groups is 1. The highest BCUT2D eigenvalue weighted by Crippen LogP contribution is 2.44. The van der Waals surface area contributed by atoms with Crippen molar-refractivity contribution in [2.24, 2.45) is 0 Å². The molecule has 5 aromatic rings. The lowest BCUT2D eigenvalue weighted by molar-refractivity contribution is 0.104. The summed E-state index contributed by atoms with van der Waals surface area (Å²) in [7, 11) is 1.65. The van der Waals surface area contributed by atoms with Gasteiger partial charge < -0.3 is 10.5 Å². The third kappa shape index (κ3) is 3.77. The van der Waals surface area contributed by atoms with Crippen LogP contribution in [0.3, 0.4) is 0 Å². The van der Waals surface area contributed by atoms with Crippen LogP contribution in [0.15, 0.2) is 84.9 Å².